The highest BCUT2D eigenvalue weighted by atomic mass is 16.4. The fourth-order valence-electron chi connectivity index (χ4n) is 1.08. The Morgan fingerprint density at radius 3 is 2.77 bits per heavy atom. The standard InChI is InChI=1S/C10H12O3/c1-10(13,9(11)12)8-6-4-2-3-5-7-8/h2-6,13H,7H2,1H3,(H,11,12). The summed E-state index contributed by atoms with van der Waals surface area (Å²) in [5.41, 5.74) is -1.27. The molecular weight excluding hydrogens is 168 g/mol. The monoisotopic (exact) mass is 180 g/mol. The molecule has 0 fully saturated rings. The van der Waals surface area contributed by atoms with Crippen LogP contribution in [-0.2, 0) is 4.79 Å². The second-order valence-corrected chi connectivity index (χ2v) is 3.09. The van der Waals surface area contributed by atoms with Crippen molar-refractivity contribution in [3.05, 3.63) is 36.0 Å². The Hall–Kier alpha value is -1.35. The van der Waals surface area contributed by atoms with Gasteiger partial charge in [0.05, 0.1) is 0 Å². The van der Waals surface area contributed by atoms with Crippen LogP contribution in [0.2, 0.25) is 0 Å². The maximum atomic E-state index is 10.7. The van der Waals surface area contributed by atoms with Gasteiger partial charge in [0.1, 0.15) is 0 Å². The number of carboxylic acids is 1. The van der Waals surface area contributed by atoms with Gasteiger partial charge in [0.15, 0.2) is 5.60 Å². The minimum atomic E-state index is -1.76. The molecular formula is C10H12O3. The predicted octanol–water partition coefficient (Wildman–Crippen LogP) is 1.26. The minimum Gasteiger partial charge on any atom is -0.479 e. The lowest BCUT2D eigenvalue weighted by molar-refractivity contribution is -0.152. The van der Waals surface area contributed by atoms with Crippen LogP contribution in [0.25, 0.3) is 0 Å². The zero-order valence-electron chi connectivity index (χ0n) is 7.40. The van der Waals surface area contributed by atoms with Crippen LogP contribution >= 0.6 is 0 Å². The van der Waals surface area contributed by atoms with Crippen molar-refractivity contribution in [3.63, 3.8) is 0 Å². The average molecular weight is 180 g/mol. The molecule has 0 heterocycles. The summed E-state index contributed by atoms with van der Waals surface area (Å²) in [6.45, 7) is 1.29. The van der Waals surface area contributed by atoms with Crippen molar-refractivity contribution in [1.29, 1.82) is 0 Å². The van der Waals surface area contributed by atoms with Crippen LogP contribution in [0, 0.1) is 0 Å². The molecule has 0 aliphatic heterocycles. The van der Waals surface area contributed by atoms with E-state index in [-0.39, 0.29) is 0 Å². The van der Waals surface area contributed by atoms with Gasteiger partial charge in [0, 0.05) is 0 Å². The Morgan fingerprint density at radius 2 is 2.15 bits per heavy atom. The smallest absolute Gasteiger partial charge is 0.339 e. The van der Waals surface area contributed by atoms with Gasteiger partial charge in [-0.2, -0.15) is 0 Å². The van der Waals surface area contributed by atoms with E-state index in [2.05, 4.69) is 0 Å². The Balaban J connectivity index is 2.94. The van der Waals surface area contributed by atoms with Crippen LogP contribution in [0.5, 0.6) is 0 Å². The molecule has 1 unspecified atom stereocenters. The first kappa shape index (κ1) is 9.74. The molecule has 0 radical (unpaired) electrons. The van der Waals surface area contributed by atoms with E-state index in [0.29, 0.717) is 12.0 Å². The molecule has 1 aliphatic carbocycles. The molecule has 0 saturated carbocycles. The summed E-state index contributed by atoms with van der Waals surface area (Å²) in [7, 11) is 0. The van der Waals surface area contributed by atoms with Gasteiger partial charge in [-0.3, -0.25) is 0 Å². The van der Waals surface area contributed by atoms with Gasteiger partial charge in [0.2, 0.25) is 0 Å². The van der Waals surface area contributed by atoms with E-state index in [1.165, 1.54) is 6.92 Å². The Labute approximate surface area is 76.7 Å². The molecule has 1 aliphatic rings. The summed E-state index contributed by atoms with van der Waals surface area (Å²) >= 11 is 0. The van der Waals surface area contributed by atoms with Gasteiger partial charge >= 0.3 is 5.97 Å². The lowest BCUT2D eigenvalue weighted by atomic mass is 9.93. The molecule has 0 aromatic carbocycles. The summed E-state index contributed by atoms with van der Waals surface area (Å²) in [5.74, 6) is -1.22. The topological polar surface area (TPSA) is 57.5 Å². The number of allylic oxidation sites excluding steroid dienone is 5. The van der Waals surface area contributed by atoms with Gasteiger partial charge < -0.3 is 10.2 Å². The molecule has 0 aromatic heterocycles. The molecule has 3 nitrogen and oxygen atoms in total. The number of carboxylic acid groups (broad SMARTS) is 1. The number of rotatable bonds is 2. The third-order valence-electron chi connectivity index (χ3n) is 2.04. The lowest BCUT2D eigenvalue weighted by Crippen LogP contribution is -2.36. The van der Waals surface area contributed by atoms with E-state index in [1.54, 1.807) is 18.2 Å². The van der Waals surface area contributed by atoms with E-state index >= 15 is 0 Å². The zero-order chi connectivity index (χ0) is 9.90. The van der Waals surface area contributed by atoms with E-state index in [0.717, 1.165) is 0 Å². The van der Waals surface area contributed by atoms with Gasteiger partial charge in [-0.1, -0.05) is 30.4 Å². The maximum Gasteiger partial charge on any atom is 0.339 e. The number of carbonyl (C=O) groups is 1. The molecule has 3 heteroatoms. The molecule has 0 aromatic rings. The Kier molecular flexibility index (Phi) is 2.68. The summed E-state index contributed by atoms with van der Waals surface area (Å²) in [6, 6.07) is 0. The Bertz CT molecular complexity index is 295. The summed E-state index contributed by atoms with van der Waals surface area (Å²) in [5, 5.41) is 18.4. The van der Waals surface area contributed by atoms with Crippen molar-refractivity contribution in [1.82, 2.24) is 0 Å². The third-order valence-corrected chi connectivity index (χ3v) is 2.04. The third kappa shape index (κ3) is 2.06. The van der Waals surface area contributed by atoms with Crippen LogP contribution < -0.4 is 0 Å². The van der Waals surface area contributed by atoms with Crippen LogP contribution in [0.1, 0.15) is 13.3 Å². The quantitative estimate of drug-likeness (QED) is 0.672. The fraction of sp³-hybridized carbons (Fsp3) is 0.300. The fourth-order valence-corrected chi connectivity index (χ4v) is 1.08. The first-order chi connectivity index (χ1) is 6.05. The van der Waals surface area contributed by atoms with Crippen LogP contribution in [0.4, 0.5) is 0 Å². The van der Waals surface area contributed by atoms with Gasteiger partial charge in [-0.05, 0) is 18.9 Å². The van der Waals surface area contributed by atoms with Gasteiger partial charge in [0.25, 0.3) is 0 Å². The number of hydrogen-bond donors (Lipinski definition) is 2. The second-order valence-electron chi connectivity index (χ2n) is 3.09. The first-order valence-corrected chi connectivity index (χ1v) is 4.04. The first-order valence-electron chi connectivity index (χ1n) is 4.04. The molecule has 2 N–H and O–H groups in total. The van der Waals surface area contributed by atoms with E-state index in [9.17, 15) is 9.90 Å². The lowest BCUT2D eigenvalue weighted by Gasteiger charge is -2.20. The van der Waals surface area contributed by atoms with Crippen LogP contribution in [0.15, 0.2) is 36.0 Å². The van der Waals surface area contributed by atoms with Gasteiger partial charge in [-0.15, -0.1) is 0 Å². The SMILES string of the molecule is CC(O)(C(=O)O)C1=CC=CC=CC1. The molecule has 70 valence electrons. The highest BCUT2D eigenvalue weighted by molar-refractivity contribution is 5.81. The van der Waals surface area contributed by atoms with E-state index in [4.69, 9.17) is 5.11 Å². The van der Waals surface area contributed by atoms with Crippen molar-refractivity contribution in [2.24, 2.45) is 0 Å². The van der Waals surface area contributed by atoms with E-state index < -0.39 is 11.6 Å². The highest BCUT2D eigenvalue weighted by Gasteiger charge is 2.33. The number of hydrogen-bond acceptors (Lipinski definition) is 2. The van der Waals surface area contributed by atoms with E-state index in [1.807, 2.05) is 12.2 Å². The molecule has 0 saturated heterocycles. The zero-order valence-corrected chi connectivity index (χ0v) is 7.40. The maximum absolute atomic E-state index is 10.7. The average Bonchev–Trinajstić information content (AvgIpc) is 2.31. The molecule has 13 heavy (non-hydrogen) atoms. The molecule has 0 bridgehead atoms. The van der Waals surface area contributed by atoms with Crippen LogP contribution in [0.3, 0.4) is 0 Å². The summed E-state index contributed by atoms with van der Waals surface area (Å²) in [4.78, 5) is 10.7. The highest BCUT2D eigenvalue weighted by Crippen LogP contribution is 2.22. The molecule has 0 amide bonds. The summed E-state index contributed by atoms with van der Waals surface area (Å²) < 4.78 is 0. The normalized spacial score (nSPS) is 20.3. The van der Waals surface area contributed by atoms with Crippen molar-refractivity contribution in [2.45, 2.75) is 18.9 Å². The van der Waals surface area contributed by atoms with Crippen molar-refractivity contribution in [3.8, 4) is 0 Å². The van der Waals surface area contributed by atoms with Crippen molar-refractivity contribution < 1.29 is 15.0 Å². The Morgan fingerprint density at radius 1 is 1.46 bits per heavy atom. The predicted molar refractivity (Wildman–Crippen MR) is 49.2 cm³/mol. The number of aliphatic hydroxyl groups is 1. The minimum absolute atomic E-state index is 0.465. The largest absolute Gasteiger partial charge is 0.479 e. The van der Waals surface area contributed by atoms with Gasteiger partial charge in [-0.25, -0.2) is 4.79 Å². The molecule has 0 spiro atoms. The van der Waals surface area contributed by atoms with Crippen LogP contribution in [-0.4, -0.2) is 21.8 Å². The van der Waals surface area contributed by atoms with Crippen molar-refractivity contribution in [2.75, 3.05) is 0 Å². The number of aliphatic carboxylic acids is 1. The second kappa shape index (κ2) is 3.58. The molecule has 1 atom stereocenters. The van der Waals surface area contributed by atoms with Crippen molar-refractivity contribution >= 4 is 5.97 Å². The molecule has 1 rings (SSSR count). The summed E-state index contributed by atoms with van der Waals surface area (Å²) in [6.07, 6.45) is 9.25.